The van der Waals surface area contributed by atoms with Gasteiger partial charge in [0.2, 0.25) is 0 Å². The van der Waals surface area contributed by atoms with Gasteiger partial charge in [-0.3, -0.25) is 4.72 Å². The third-order valence-electron chi connectivity index (χ3n) is 4.90. The van der Waals surface area contributed by atoms with Crippen molar-refractivity contribution in [1.82, 2.24) is 0 Å². The number of rotatable bonds is 8. The zero-order valence-electron chi connectivity index (χ0n) is 18.2. The molecule has 0 saturated heterocycles. The molecule has 1 heterocycles. The first-order chi connectivity index (χ1) is 15.9. The Labute approximate surface area is 192 Å². The number of ether oxygens (including phenoxy) is 2. The fourth-order valence-corrected chi connectivity index (χ4v) is 4.51. The third-order valence-corrected chi connectivity index (χ3v) is 6.30. The highest BCUT2D eigenvalue weighted by Crippen LogP contribution is 2.36. The van der Waals surface area contributed by atoms with Gasteiger partial charge in [-0.1, -0.05) is 30.3 Å². The van der Waals surface area contributed by atoms with Crippen LogP contribution in [0.4, 0.5) is 5.69 Å². The number of esters is 1. The SMILES string of the molecule is CCOC(=O)c1c(-c2ccccc2)oc2ccc(NS(=O)(=O)c3ccc(OCC)cc3)cc12. The van der Waals surface area contributed by atoms with Crippen molar-refractivity contribution in [3.63, 3.8) is 0 Å². The van der Waals surface area contributed by atoms with Crippen LogP contribution in [0.25, 0.3) is 22.3 Å². The molecule has 0 aliphatic heterocycles. The molecule has 0 bridgehead atoms. The summed E-state index contributed by atoms with van der Waals surface area (Å²) in [4.78, 5) is 12.9. The van der Waals surface area contributed by atoms with Crippen molar-refractivity contribution in [2.75, 3.05) is 17.9 Å². The Kier molecular flexibility index (Phi) is 6.37. The zero-order valence-corrected chi connectivity index (χ0v) is 19.0. The van der Waals surface area contributed by atoms with E-state index in [-0.39, 0.29) is 17.1 Å². The van der Waals surface area contributed by atoms with Gasteiger partial charge in [0.1, 0.15) is 22.7 Å². The molecule has 0 radical (unpaired) electrons. The van der Waals surface area contributed by atoms with Gasteiger partial charge in [-0.15, -0.1) is 0 Å². The molecule has 33 heavy (non-hydrogen) atoms. The molecule has 1 aromatic heterocycles. The molecule has 0 atom stereocenters. The number of carbonyl (C=O) groups is 1. The molecule has 8 heteroatoms. The second-order valence-corrected chi connectivity index (χ2v) is 8.80. The molecule has 3 aromatic carbocycles. The number of hydrogen-bond acceptors (Lipinski definition) is 6. The number of sulfonamides is 1. The van der Waals surface area contributed by atoms with Gasteiger partial charge < -0.3 is 13.9 Å². The molecule has 1 N–H and O–H groups in total. The van der Waals surface area contributed by atoms with Gasteiger partial charge in [0, 0.05) is 16.6 Å². The van der Waals surface area contributed by atoms with Gasteiger partial charge in [0.05, 0.1) is 18.1 Å². The van der Waals surface area contributed by atoms with Crippen molar-refractivity contribution in [2.24, 2.45) is 0 Å². The lowest BCUT2D eigenvalue weighted by molar-refractivity contribution is 0.0528. The predicted molar refractivity (Wildman–Crippen MR) is 126 cm³/mol. The van der Waals surface area contributed by atoms with Gasteiger partial charge >= 0.3 is 5.97 Å². The summed E-state index contributed by atoms with van der Waals surface area (Å²) in [5.74, 6) is 0.418. The number of hydrogen-bond donors (Lipinski definition) is 1. The lowest BCUT2D eigenvalue weighted by atomic mass is 10.1. The quantitative estimate of drug-likeness (QED) is 0.347. The Hall–Kier alpha value is -3.78. The summed E-state index contributed by atoms with van der Waals surface area (Å²) in [6.45, 7) is 4.26. The van der Waals surface area contributed by atoms with E-state index in [0.29, 0.717) is 40.3 Å². The summed E-state index contributed by atoms with van der Waals surface area (Å²) in [7, 11) is -3.85. The van der Waals surface area contributed by atoms with E-state index < -0.39 is 16.0 Å². The van der Waals surface area contributed by atoms with Crippen LogP contribution in [0.5, 0.6) is 5.75 Å². The largest absolute Gasteiger partial charge is 0.494 e. The van der Waals surface area contributed by atoms with Crippen molar-refractivity contribution in [3.8, 4) is 17.1 Å². The van der Waals surface area contributed by atoms with E-state index in [9.17, 15) is 13.2 Å². The normalized spacial score (nSPS) is 11.3. The minimum Gasteiger partial charge on any atom is -0.494 e. The van der Waals surface area contributed by atoms with Gasteiger partial charge in [-0.2, -0.15) is 0 Å². The number of carbonyl (C=O) groups excluding carboxylic acids is 1. The van der Waals surface area contributed by atoms with Crippen molar-refractivity contribution < 1.29 is 27.1 Å². The summed E-state index contributed by atoms with van der Waals surface area (Å²) in [6, 6.07) is 20.1. The molecular weight excluding hydrogens is 442 g/mol. The highest BCUT2D eigenvalue weighted by Gasteiger charge is 2.24. The van der Waals surface area contributed by atoms with Gasteiger partial charge in [-0.25, -0.2) is 13.2 Å². The average Bonchev–Trinajstić information content (AvgIpc) is 3.19. The molecule has 4 rings (SSSR count). The van der Waals surface area contributed by atoms with E-state index in [1.54, 1.807) is 37.3 Å². The Morgan fingerprint density at radius 2 is 1.67 bits per heavy atom. The third kappa shape index (κ3) is 4.70. The second kappa shape index (κ2) is 9.38. The lowest BCUT2D eigenvalue weighted by Crippen LogP contribution is -2.13. The first-order valence-electron chi connectivity index (χ1n) is 10.5. The zero-order chi connectivity index (χ0) is 23.4. The van der Waals surface area contributed by atoms with Crippen molar-refractivity contribution >= 4 is 32.6 Å². The van der Waals surface area contributed by atoms with Crippen LogP contribution in [-0.4, -0.2) is 27.6 Å². The maximum atomic E-state index is 12.9. The molecule has 0 saturated carbocycles. The van der Waals surface area contributed by atoms with E-state index in [1.165, 1.54) is 12.1 Å². The Balaban J connectivity index is 1.74. The van der Waals surface area contributed by atoms with Gasteiger partial charge in [0.25, 0.3) is 10.0 Å². The predicted octanol–water partition coefficient (Wildman–Crippen LogP) is 5.48. The maximum absolute atomic E-state index is 12.9. The molecule has 0 aliphatic carbocycles. The molecule has 0 spiro atoms. The fraction of sp³-hybridized carbons (Fsp3) is 0.160. The number of anilines is 1. The molecule has 0 amide bonds. The van der Waals surface area contributed by atoms with Crippen molar-refractivity contribution in [2.45, 2.75) is 18.7 Å². The summed E-state index contributed by atoms with van der Waals surface area (Å²) in [5, 5.41) is 0.458. The lowest BCUT2D eigenvalue weighted by Gasteiger charge is -2.09. The highest BCUT2D eigenvalue weighted by atomic mass is 32.2. The van der Waals surface area contributed by atoms with Crippen LogP contribution in [-0.2, 0) is 14.8 Å². The Morgan fingerprint density at radius 1 is 0.939 bits per heavy atom. The van der Waals surface area contributed by atoms with E-state index in [0.717, 1.165) is 0 Å². The van der Waals surface area contributed by atoms with Gasteiger partial charge in [0.15, 0.2) is 0 Å². The molecule has 4 aromatic rings. The summed E-state index contributed by atoms with van der Waals surface area (Å²) < 4.78 is 44.9. The number of nitrogens with one attached hydrogen (secondary N) is 1. The molecule has 0 fully saturated rings. The monoisotopic (exact) mass is 465 g/mol. The number of fused-ring (bicyclic) bond motifs is 1. The first-order valence-corrected chi connectivity index (χ1v) is 12.0. The maximum Gasteiger partial charge on any atom is 0.342 e. The van der Waals surface area contributed by atoms with E-state index in [1.807, 2.05) is 37.3 Å². The molecule has 7 nitrogen and oxygen atoms in total. The smallest absolute Gasteiger partial charge is 0.342 e. The standard InChI is InChI=1S/C25H23NO6S/c1-3-30-19-11-13-20(14-12-19)33(28,29)26-18-10-15-22-21(16-18)23(25(27)31-4-2)24(32-22)17-8-6-5-7-9-17/h5-16,26H,3-4H2,1-2H3. The Bertz CT molecular complexity index is 1380. The van der Waals surface area contributed by atoms with Gasteiger partial charge in [-0.05, 0) is 56.3 Å². The minimum absolute atomic E-state index is 0.0915. The van der Waals surface area contributed by atoms with Crippen LogP contribution in [0, 0.1) is 0 Å². The summed E-state index contributed by atoms with van der Waals surface area (Å²) in [6.07, 6.45) is 0. The molecular formula is C25H23NO6S. The van der Waals surface area contributed by atoms with E-state index in [2.05, 4.69) is 4.72 Å². The van der Waals surface area contributed by atoms with Crippen LogP contribution >= 0.6 is 0 Å². The molecule has 170 valence electrons. The number of benzene rings is 3. The van der Waals surface area contributed by atoms with E-state index in [4.69, 9.17) is 13.9 Å². The van der Waals surface area contributed by atoms with Crippen molar-refractivity contribution in [3.05, 3.63) is 78.4 Å². The highest BCUT2D eigenvalue weighted by molar-refractivity contribution is 7.92. The van der Waals surface area contributed by atoms with E-state index >= 15 is 0 Å². The minimum atomic E-state index is -3.85. The van der Waals surface area contributed by atoms with Crippen LogP contribution in [0.15, 0.2) is 82.1 Å². The average molecular weight is 466 g/mol. The fourth-order valence-electron chi connectivity index (χ4n) is 3.46. The number of furan rings is 1. The molecule has 0 unspecified atom stereocenters. The van der Waals surface area contributed by atoms with Crippen LogP contribution in [0.3, 0.4) is 0 Å². The topological polar surface area (TPSA) is 94.8 Å². The first kappa shape index (κ1) is 22.4. The summed E-state index contributed by atoms with van der Waals surface area (Å²) >= 11 is 0. The molecule has 0 aliphatic rings. The van der Waals surface area contributed by atoms with Crippen LogP contribution < -0.4 is 9.46 Å². The van der Waals surface area contributed by atoms with Crippen LogP contribution in [0.2, 0.25) is 0 Å². The second-order valence-electron chi connectivity index (χ2n) is 7.11. The summed E-state index contributed by atoms with van der Waals surface area (Å²) in [5.41, 5.74) is 1.71. The van der Waals surface area contributed by atoms with Crippen LogP contribution in [0.1, 0.15) is 24.2 Å². The Morgan fingerprint density at radius 3 is 2.33 bits per heavy atom. The van der Waals surface area contributed by atoms with Crippen molar-refractivity contribution in [1.29, 1.82) is 0 Å².